The van der Waals surface area contributed by atoms with E-state index < -0.39 is 5.97 Å². The molecule has 2 aromatic rings. The van der Waals surface area contributed by atoms with Gasteiger partial charge in [0.15, 0.2) is 0 Å². The molecule has 2 aliphatic heterocycles. The third-order valence-electron chi connectivity index (χ3n) is 5.83. The summed E-state index contributed by atoms with van der Waals surface area (Å²) in [5, 5.41) is 9.04. The van der Waals surface area contributed by atoms with Crippen LogP contribution in [0.3, 0.4) is 0 Å². The number of carbonyl (C=O) groups is 1. The maximum absolute atomic E-state index is 11.0. The van der Waals surface area contributed by atoms with Crippen LogP contribution in [0.1, 0.15) is 33.8 Å². The zero-order valence-electron chi connectivity index (χ0n) is 15.5. The molecule has 3 atom stereocenters. The van der Waals surface area contributed by atoms with E-state index in [0.717, 1.165) is 38.2 Å². The van der Waals surface area contributed by atoms with Gasteiger partial charge in [0.25, 0.3) is 0 Å². The van der Waals surface area contributed by atoms with Crippen molar-refractivity contribution < 1.29 is 19.4 Å². The summed E-state index contributed by atoms with van der Waals surface area (Å²) in [4.78, 5) is 13.4. The van der Waals surface area contributed by atoms with Gasteiger partial charge in [-0.15, -0.1) is 0 Å². The number of likely N-dealkylation sites (tertiary alicyclic amines) is 1. The van der Waals surface area contributed by atoms with Gasteiger partial charge in [-0.25, -0.2) is 4.79 Å². The molecule has 0 radical (unpaired) electrons. The van der Waals surface area contributed by atoms with Gasteiger partial charge < -0.3 is 14.6 Å². The lowest BCUT2D eigenvalue weighted by molar-refractivity contribution is -0.0757. The van der Waals surface area contributed by atoms with Crippen LogP contribution < -0.4 is 0 Å². The van der Waals surface area contributed by atoms with Crippen LogP contribution in [0, 0.1) is 0 Å². The first-order valence-electron chi connectivity index (χ1n) is 9.36. The van der Waals surface area contributed by atoms with E-state index in [4.69, 9.17) is 14.6 Å². The second-order valence-electron chi connectivity index (χ2n) is 7.58. The van der Waals surface area contributed by atoms with E-state index >= 15 is 0 Å². The lowest BCUT2D eigenvalue weighted by Gasteiger charge is -2.28. The summed E-state index contributed by atoms with van der Waals surface area (Å²) in [5.74, 6) is -0.494. The smallest absolute Gasteiger partial charge is 0.335 e. The molecule has 2 heterocycles. The topological polar surface area (TPSA) is 59.0 Å². The third kappa shape index (κ3) is 3.63. The fourth-order valence-electron chi connectivity index (χ4n) is 4.44. The summed E-state index contributed by atoms with van der Waals surface area (Å²) >= 11 is 0. The Morgan fingerprint density at radius 2 is 1.96 bits per heavy atom. The lowest BCUT2D eigenvalue weighted by atomic mass is 9.87. The number of carboxylic acids is 1. The standard InChI is InChI=1S/C22H25NO4/c1-26-20-13-23(12-16-7-9-18(10-8-16)21(24)25)15-22(20)11-19(14-27-22)17-5-3-2-4-6-17/h2-10,19-20H,11-15H2,1H3,(H,24,25)/t19-,20-,22-/m1/s1. The van der Waals surface area contributed by atoms with Gasteiger partial charge in [0.1, 0.15) is 5.60 Å². The number of hydrogen-bond acceptors (Lipinski definition) is 4. The van der Waals surface area contributed by atoms with E-state index in [2.05, 4.69) is 29.2 Å². The maximum Gasteiger partial charge on any atom is 0.335 e. The van der Waals surface area contributed by atoms with Crippen molar-refractivity contribution in [1.29, 1.82) is 0 Å². The van der Waals surface area contributed by atoms with Gasteiger partial charge in [-0.3, -0.25) is 4.90 Å². The third-order valence-corrected chi connectivity index (χ3v) is 5.83. The zero-order chi connectivity index (χ0) is 18.9. The van der Waals surface area contributed by atoms with Gasteiger partial charge in [-0.2, -0.15) is 0 Å². The average molecular weight is 367 g/mol. The first kappa shape index (κ1) is 18.2. The van der Waals surface area contributed by atoms with Crippen LogP contribution in [0.2, 0.25) is 0 Å². The van der Waals surface area contributed by atoms with Crippen molar-refractivity contribution >= 4 is 5.97 Å². The summed E-state index contributed by atoms with van der Waals surface area (Å²) in [5.41, 5.74) is 2.48. The normalized spacial score (nSPS) is 28.0. The first-order valence-corrected chi connectivity index (χ1v) is 9.36. The molecule has 0 amide bonds. The van der Waals surface area contributed by atoms with E-state index in [-0.39, 0.29) is 11.7 Å². The van der Waals surface area contributed by atoms with Crippen LogP contribution in [0.4, 0.5) is 0 Å². The summed E-state index contributed by atoms with van der Waals surface area (Å²) < 4.78 is 12.2. The quantitative estimate of drug-likeness (QED) is 0.880. The molecule has 2 aromatic carbocycles. The number of rotatable bonds is 5. The number of aromatic carboxylic acids is 1. The van der Waals surface area contributed by atoms with Gasteiger partial charge >= 0.3 is 5.97 Å². The maximum atomic E-state index is 11.0. The molecule has 5 heteroatoms. The Morgan fingerprint density at radius 1 is 1.22 bits per heavy atom. The van der Waals surface area contributed by atoms with Crippen LogP contribution in [0.25, 0.3) is 0 Å². The Kier molecular flexibility index (Phi) is 5.00. The number of nitrogens with zero attached hydrogens (tertiary/aromatic N) is 1. The largest absolute Gasteiger partial charge is 0.478 e. The van der Waals surface area contributed by atoms with Crippen LogP contribution in [0.5, 0.6) is 0 Å². The van der Waals surface area contributed by atoms with E-state index in [1.165, 1.54) is 5.56 Å². The molecule has 0 unspecified atom stereocenters. The molecule has 0 bridgehead atoms. The van der Waals surface area contributed by atoms with Crippen LogP contribution in [-0.4, -0.2) is 54.5 Å². The van der Waals surface area contributed by atoms with Crippen molar-refractivity contribution in [3.8, 4) is 0 Å². The fourth-order valence-corrected chi connectivity index (χ4v) is 4.44. The number of carboxylic acid groups (broad SMARTS) is 1. The number of hydrogen-bond donors (Lipinski definition) is 1. The molecule has 2 fully saturated rings. The van der Waals surface area contributed by atoms with E-state index in [1.807, 2.05) is 18.2 Å². The predicted molar refractivity (Wildman–Crippen MR) is 102 cm³/mol. The Labute approximate surface area is 159 Å². The van der Waals surface area contributed by atoms with E-state index in [0.29, 0.717) is 11.5 Å². The number of methoxy groups -OCH3 is 1. The molecule has 142 valence electrons. The fraction of sp³-hybridized carbons (Fsp3) is 0.409. The highest BCUT2D eigenvalue weighted by molar-refractivity contribution is 5.87. The number of benzene rings is 2. The minimum absolute atomic E-state index is 0.0458. The van der Waals surface area contributed by atoms with Gasteiger partial charge in [0.05, 0.1) is 18.3 Å². The van der Waals surface area contributed by atoms with E-state index in [9.17, 15) is 4.79 Å². The molecular weight excluding hydrogens is 342 g/mol. The second-order valence-corrected chi connectivity index (χ2v) is 7.58. The van der Waals surface area contributed by atoms with Gasteiger partial charge in [0.2, 0.25) is 0 Å². The molecule has 2 saturated heterocycles. The lowest BCUT2D eigenvalue weighted by Crippen LogP contribution is -2.42. The monoisotopic (exact) mass is 367 g/mol. The van der Waals surface area contributed by atoms with Crippen molar-refractivity contribution in [3.63, 3.8) is 0 Å². The summed E-state index contributed by atoms with van der Waals surface area (Å²) in [6, 6.07) is 17.6. The molecule has 1 spiro atoms. The Morgan fingerprint density at radius 3 is 2.63 bits per heavy atom. The molecule has 0 saturated carbocycles. The van der Waals surface area contributed by atoms with Crippen molar-refractivity contribution in [3.05, 3.63) is 71.3 Å². The Hall–Kier alpha value is -2.21. The van der Waals surface area contributed by atoms with Crippen molar-refractivity contribution in [1.82, 2.24) is 4.90 Å². The predicted octanol–water partition coefficient (Wildman–Crippen LogP) is 3.16. The van der Waals surface area contributed by atoms with Crippen LogP contribution in [-0.2, 0) is 16.0 Å². The van der Waals surface area contributed by atoms with Crippen molar-refractivity contribution in [2.24, 2.45) is 0 Å². The summed E-state index contributed by atoms with van der Waals surface area (Å²) in [6.45, 7) is 3.14. The molecule has 1 N–H and O–H groups in total. The van der Waals surface area contributed by atoms with Crippen molar-refractivity contribution in [2.75, 3.05) is 26.8 Å². The van der Waals surface area contributed by atoms with Crippen molar-refractivity contribution in [2.45, 2.75) is 30.6 Å². The van der Waals surface area contributed by atoms with Crippen LogP contribution in [0.15, 0.2) is 54.6 Å². The van der Waals surface area contributed by atoms with Gasteiger partial charge in [-0.05, 0) is 29.7 Å². The van der Waals surface area contributed by atoms with Crippen LogP contribution >= 0.6 is 0 Å². The summed E-state index contributed by atoms with van der Waals surface area (Å²) in [6.07, 6.45) is 1.01. The highest BCUT2D eigenvalue weighted by Crippen LogP contribution is 2.43. The second kappa shape index (κ2) is 7.43. The highest BCUT2D eigenvalue weighted by Gasteiger charge is 2.52. The van der Waals surface area contributed by atoms with Gasteiger partial charge in [0, 0.05) is 32.7 Å². The molecule has 2 aliphatic rings. The Bertz CT molecular complexity index is 792. The molecular formula is C22H25NO4. The SMILES string of the molecule is CO[C@@H]1CN(Cc2ccc(C(=O)O)cc2)C[C@]12C[C@@H](c1ccccc1)CO2. The summed E-state index contributed by atoms with van der Waals surface area (Å²) in [7, 11) is 1.76. The van der Waals surface area contributed by atoms with E-state index in [1.54, 1.807) is 19.2 Å². The number of ether oxygens (including phenoxy) is 2. The Balaban J connectivity index is 1.45. The first-order chi connectivity index (χ1) is 13.1. The zero-order valence-corrected chi connectivity index (χ0v) is 15.5. The molecule has 0 aliphatic carbocycles. The molecule has 4 rings (SSSR count). The molecule has 0 aromatic heterocycles. The minimum atomic E-state index is -0.896. The highest BCUT2D eigenvalue weighted by atomic mass is 16.6. The minimum Gasteiger partial charge on any atom is -0.478 e. The van der Waals surface area contributed by atoms with Gasteiger partial charge in [-0.1, -0.05) is 42.5 Å². The molecule has 5 nitrogen and oxygen atoms in total. The average Bonchev–Trinajstić information content (AvgIpc) is 3.27. The molecule has 27 heavy (non-hydrogen) atoms.